The number of rotatable bonds is 7. The first kappa shape index (κ1) is 33.1. The van der Waals surface area contributed by atoms with Gasteiger partial charge in [0.05, 0.1) is 24.9 Å². The van der Waals surface area contributed by atoms with Gasteiger partial charge in [0, 0.05) is 31.5 Å². The van der Waals surface area contributed by atoms with E-state index in [1.165, 1.54) is 26.2 Å². The van der Waals surface area contributed by atoms with Crippen molar-refractivity contribution >= 4 is 23.6 Å². The average molecular weight is 611 g/mol. The molecule has 12 heteroatoms. The molecule has 44 heavy (non-hydrogen) atoms. The Morgan fingerprint density at radius 2 is 1.66 bits per heavy atom. The van der Waals surface area contributed by atoms with Crippen LogP contribution in [0.15, 0.2) is 40.9 Å². The molecule has 2 fully saturated rings. The second-order valence-corrected chi connectivity index (χ2v) is 12.3. The largest absolute Gasteiger partial charge is 0.391 e. The van der Waals surface area contributed by atoms with Crippen LogP contribution in [0.3, 0.4) is 0 Å². The van der Waals surface area contributed by atoms with E-state index in [1.54, 1.807) is 0 Å². The van der Waals surface area contributed by atoms with E-state index in [9.17, 15) is 24.3 Å². The predicted molar refractivity (Wildman–Crippen MR) is 163 cm³/mol. The molecule has 2 heterocycles. The second-order valence-electron chi connectivity index (χ2n) is 12.3. The molecule has 2 aliphatic rings. The van der Waals surface area contributed by atoms with Gasteiger partial charge in [-0.2, -0.15) is 0 Å². The number of carbonyl (C=O) groups is 4. The molecular formula is C32H46N6O6. The average Bonchev–Trinajstić information content (AvgIpc) is 3.46. The van der Waals surface area contributed by atoms with Crippen LogP contribution in [0.5, 0.6) is 0 Å². The van der Waals surface area contributed by atoms with Gasteiger partial charge in [-0.25, -0.2) is 0 Å². The van der Waals surface area contributed by atoms with Crippen molar-refractivity contribution in [2.45, 2.75) is 96.0 Å². The minimum Gasteiger partial charge on any atom is -0.391 e. The first-order valence-corrected chi connectivity index (χ1v) is 15.7. The predicted octanol–water partition coefficient (Wildman–Crippen LogP) is 1.39. The van der Waals surface area contributed by atoms with E-state index in [1.807, 2.05) is 55.1 Å². The van der Waals surface area contributed by atoms with Crippen LogP contribution in [0.4, 0.5) is 0 Å². The molecule has 1 aromatic heterocycles. The topological polar surface area (TPSA) is 166 Å². The summed E-state index contributed by atoms with van der Waals surface area (Å²) in [6, 6.07) is 7.89. The summed E-state index contributed by atoms with van der Waals surface area (Å²) in [6.07, 6.45) is 4.69. The number of nitrogens with zero attached hydrogens (tertiary/aromatic N) is 2. The Bertz CT molecular complexity index is 1260. The molecule has 0 unspecified atom stereocenters. The Labute approximate surface area is 258 Å². The van der Waals surface area contributed by atoms with Gasteiger partial charge < -0.3 is 30.9 Å². The van der Waals surface area contributed by atoms with Crippen LogP contribution in [0.1, 0.15) is 75.8 Å². The highest BCUT2D eigenvalue weighted by atomic mass is 16.5. The molecule has 4 atom stereocenters. The molecule has 12 nitrogen and oxygen atoms in total. The quantitative estimate of drug-likeness (QED) is 0.314. The van der Waals surface area contributed by atoms with Gasteiger partial charge in [-0.15, -0.1) is 0 Å². The zero-order valence-electron chi connectivity index (χ0n) is 25.9. The minimum atomic E-state index is -1.25. The number of aliphatic hydroxyl groups is 1. The molecular weight excluding hydrogens is 564 g/mol. The number of amides is 4. The fourth-order valence-electron chi connectivity index (χ4n) is 5.81. The van der Waals surface area contributed by atoms with Crippen molar-refractivity contribution in [1.29, 1.82) is 0 Å². The third-order valence-electron chi connectivity index (χ3n) is 8.32. The van der Waals surface area contributed by atoms with Crippen molar-refractivity contribution in [3.05, 3.63) is 53.4 Å². The third-order valence-corrected chi connectivity index (χ3v) is 8.32. The maximum atomic E-state index is 13.5. The molecule has 1 saturated carbocycles. The smallest absolute Gasteiger partial charge is 0.245 e. The summed E-state index contributed by atoms with van der Waals surface area (Å²) in [7, 11) is 0. The van der Waals surface area contributed by atoms with Gasteiger partial charge in [0.25, 0.3) is 0 Å². The number of hydrogen-bond acceptors (Lipinski definition) is 8. The van der Waals surface area contributed by atoms with Gasteiger partial charge in [0.2, 0.25) is 23.6 Å². The Kier molecular flexibility index (Phi) is 11.9. The molecule has 1 aliphatic carbocycles. The van der Waals surface area contributed by atoms with Crippen LogP contribution in [-0.2, 0) is 32.1 Å². The lowest BCUT2D eigenvalue weighted by Crippen LogP contribution is -2.60. The Morgan fingerprint density at radius 3 is 2.34 bits per heavy atom. The molecule has 2 aromatic rings. The van der Waals surface area contributed by atoms with E-state index < -0.39 is 42.0 Å². The van der Waals surface area contributed by atoms with Gasteiger partial charge in [-0.3, -0.25) is 24.1 Å². The summed E-state index contributed by atoms with van der Waals surface area (Å²) in [5.41, 5.74) is 1.72. The van der Waals surface area contributed by atoms with Crippen molar-refractivity contribution in [2.75, 3.05) is 19.6 Å². The maximum Gasteiger partial charge on any atom is 0.245 e. The number of benzene rings is 1. The monoisotopic (exact) mass is 610 g/mol. The summed E-state index contributed by atoms with van der Waals surface area (Å²) < 4.78 is 5.64. The second kappa shape index (κ2) is 15.8. The van der Waals surface area contributed by atoms with Crippen molar-refractivity contribution in [3.63, 3.8) is 0 Å². The lowest BCUT2D eigenvalue weighted by Gasteiger charge is -2.27. The summed E-state index contributed by atoms with van der Waals surface area (Å²) in [6.45, 7) is 5.68. The summed E-state index contributed by atoms with van der Waals surface area (Å²) >= 11 is 0. The zero-order valence-corrected chi connectivity index (χ0v) is 25.9. The van der Waals surface area contributed by atoms with Gasteiger partial charge in [-0.05, 0) is 31.2 Å². The molecule has 5 N–H and O–H groups in total. The van der Waals surface area contributed by atoms with Crippen molar-refractivity contribution in [3.8, 4) is 0 Å². The lowest BCUT2D eigenvalue weighted by atomic mass is 9.87. The van der Waals surface area contributed by atoms with Gasteiger partial charge in [0.15, 0.2) is 5.76 Å². The van der Waals surface area contributed by atoms with E-state index in [0.29, 0.717) is 11.7 Å². The fraction of sp³-hybridized carbons (Fsp3) is 0.594. The van der Waals surface area contributed by atoms with E-state index >= 15 is 0 Å². The van der Waals surface area contributed by atoms with E-state index in [0.717, 1.165) is 24.1 Å². The van der Waals surface area contributed by atoms with Gasteiger partial charge in [0.1, 0.15) is 18.1 Å². The standard InChI is InChI=1S/C32H46N6O6/c1-20(2)28-32(43)34-26(16-22-10-6-4-7-11-22)30(41)36-29(21(3)39)31(42)33-14-15-38(19-27(40)35-28)18-24-17-25(37-44-24)23-12-8-5-9-13-23/h4,6-7,10-11,17,20-21,23,26,28-29,39H,5,8-9,12-16,18-19H2,1-3H3,(H,33,42)(H,34,43)(H,35,40)(H,36,41)/t21-,26+,28-,29+/m1/s1. The van der Waals surface area contributed by atoms with E-state index in [-0.39, 0.29) is 44.4 Å². The lowest BCUT2D eigenvalue weighted by molar-refractivity contribution is -0.135. The molecule has 0 spiro atoms. The molecule has 240 valence electrons. The van der Waals surface area contributed by atoms with Gasteiger partial charge in [-0.1, -0.05) is 68.6 Å². The summed E-state index contributed by atoms with van der Waals surface area (Å²) in [5.74, 6) is -1.38. The summed E-state index contributed by atoms with van der Waals surface area (Å²) in [4.78, 5) is 55.2. The molecule has 4 rings (SSSR count). The highest BCUT2D eigenvalue weighted by molar-refractivity contribution is 5.95. The Balaban J connectivity index is 1.55. The van der Waals surface area contributed by atoms with Crippen LogP contribution < -0.4 is 21.3 Å². The third kappa shape index (κ3) is 9.36. The first-order valence-electron chi connectivity index (χ1n) is 15.7. The minimum absolute atomic E-state index is 0.0592. The Morgan fingerprint density at radius 1 is 0.932 bits per heavy atom. The number of nitrogens with one attached hydrogen (secondary N) is 4. The van der Waals surface area contributed by atoms with E-state index in [2.05, 4.69) is 26.4 Å². The highest BCUT2D eigenvalue weighted by Gasteiger charge is 2.33. The fourth-order valence-corrected chi connectivity index (χ4v) is 5.81. The molecule has 1 aliphatic heterocycles. The summed E-state index contributed by atoms with van der Waals surface area (Å²) in [5, 5.41) is 25.7. The van der Waals surface area contributed by atoms with Crippen molar-refractivity contribution in [2.24, 2.45) is 5.92 Å². The molecule has 4 amide bonds. The number of hydrogen-bond donors (Lipinski definition) is 5. The van der Waals surface area contributed by atoms with Crippen LogP contribution in [0.25, 0.3) is 0 Å². The van der Waals surface area contributed by atoms with Gasteiger partial charge >= 0.3 is 0 Å². The molecule has 0 radical (unpaired) electrons. The first-order chi connectivity index (χ1) is 21.1. The SMILES string of the molecule is CC(C)[C@H]1NC(=O)CN(Cc2cc(C3CCCCC3)no2)CCNC(=O)[C@H]([C@@H](C)O)NC(=O)[C@H](Cc2ccccc2)NC1=O. The zero-order chi connectivity index (χ0) is 31.6. The van der Waals surface area contributed by atoms with Crippen LogP contribution in [-0.4, -0.2) is 82.7 Å². The molecule has 1 aromatic carbocycles. The van der Waals surface area contributed by atoms with Crippen molar-refractivity contribution < 1.29 is 28.8 Å². The normalized spacial score (nSPS) is 24.4. The van der Waals surface area contributed by atoms with Crippen molar-refractivity contribution in [1.82, 2.24) is 31.3 Å². The molecule has 0 bridgehead atoms. The Hall–Kier alpha value is -3.77. The van der Waals surface area contributed by atoms with Crippen LogP contribution in [0.2, 0.25) is 0 Å². The molecule has 1 saturated heterocycles. The van der Waals surface area contributed by atoms with Crippen LogP contribution >= 0.6 is 0 Å². The van der Waals surface area contributed by atoms with E-state index in [4.69, 9.17) is 4.52 Å². The maximum absolute atomic E-state index is 13.5. The number of carbonyl (C=O) groups excluding carboxylic acids is 4. The number of aromatic nitrogens is 1. The highest BCUT2D eigenvalue weighted by Crippen LogP contribution is 2.32. The number of aliphatic hydroxyl groups excluding tert-OH is 1. The van der Waals surface area contributed by atoms with Crippen LogP contribution in [0, 0.1) is 5.92 Å².